The van der Waals surface area contributed by atoms with E-state index in [4.69, 9.17) is 11.6 Å². The highest BCUT2D eigenvalue weighted by Gasteiger charge is 2.19. The van der Waals surface area contributed by atoms with Crippen molar-refractivity contribution < 1.29 is 4.79 Å². The van der Waals surface area contributed by atoms with Crippen molar-refractivity contribution in [3.63, 3.8) is 0 Å². The fourth-order valence-electron chi connectivity index (χ4n) is 3.38. The first-order chi connectivity index (χ1) is 11.1. The molecule has 1 N–H and O–H groups in total. The molecule has 1 amide bonds. The third kappa shape index (κ3) is 2.30. The summed E-state index contributed by atoms with van der Waals surface area (Å²) in [4.78, 5) is 12.8. The number of nitrogens with one attached hydrogen (secondary N) is 1. The molecule has 0 bridgehead atoms. The smallest absolute Gasteiger partial charge is 0.256 e. The molecule has 1 aliphatic carbocycles. The summed E-state index contributed by atoms with van der Waals surface area (Å²) >= 11 is 6.14. The highest BCUT2D eigenvalue weighted by Crippen LogP contribution is 2.33. The van der Waals surface area contributed by atoms with Gasteiger partial charge in [-0.1, -0.05) is 41.9 Å². The molecule has 2 nitrogen and oxygen atoms in total. The summed E-state index contributed by atoms with van der Waals surface area (Å²) in [6.07, 6.45) is 2.12. The summed E-state index contributed by atoms with van der Waals surface area (Å²) in [5, 5.41) is 5.94. The van der Waals surface area contributed by atoms with Crippen molar-refractivity contribution in [1.82, 2.24) is 0 Å². The Morgan fingerprint density at radius 1 is 1.00 bits per heavy atom. The summed E-state index contributed by atoms with van der Waals surface area (Å²) in [5.41, 5.74) is 5.03. The van der Waals surface area contributed by atoms with Gasteiger partial charge in [0.05, 0.1) is 0 Å². The third-order valence-corrected chi connectivity index (χ3v) is 5.05. The third-order valence-electron chi connectivity index (χ3n) is 4.64. The second-order valence-electron chi connectivity index (χ2n) is 5.98. The first-order valence-electron chi connectivity index (χ1n) is 7.75. The summed E-state index contributed by atoms with van der Waals surface area (Å²) in [6.45, 7) is 1.91. The zero-order chi connectivity index (χ0) is 16.0. The van der Waals surface area contributed by atoms with E-state index in [-0.39, 0.29) is 5.91 Å². The number of carbonyl (C=O) groups is 1. The number of rotatable bonds is 2. The molecule has 0 radical (unpaired) electrons. The Morgan fingerprint density at radius 2 is 1.74 bits per heavy atom. The normalized spacial score (nSPS) is 12.6. The van der Waals surface area contributed by atoms with Gasteiger partial charge in [0.25, 0.3) is 5.91 Å². The molecule has 3 aromatic rings. The molecule has 0 atom stereocenters. The van der Waals surface area contributed by atoms with Crippen molar-refractivity contribution in [3.05, 3.63) is 75.8 Å². The van der Waals surface area contributed by atoms with E-state index in [1.807, 2.05) is 43.3 Å². The van der Waals surface area contributed by atoms with Crippen LogP contribution in [0.3, 0.4) is 0 Å². The number of benzene rings is 3. The average molecular weight is 322 g/mol. The van der Waals surface area contributed by atoms with Crippen molar-refractivity contribution in [2.24, 2.45) is 0 Å². The van der Waals surface area contributed by atoms with Crippen molar-refractivity contribution >= 4 is 34.0 Å². The molecule has 0 aromatic heterocycles. The van der Waals surface area contributed by atoms with Gasteiger partial charge in [-0.25, -0.2) is 0 Å². The largest absolute Gasteiger partial charge is 0.322 e. The number of halogens is 1. The molecule has 0 fully saturated rings. The molecule has 0 aliphatic heterocycles. The van der Waals surface area contributed by atoms with Crippen LogP contribution in [0.15, 0.2) is 48.5 Å². The van der Waals surface area contributed by atoms with Crippen LogP contribution in [0.25, 0.3) is 10.8 Å². The van der Waals surface area contributed by atoms with E-state index in [0.717, 1.165) is 29.5 Å². The zero-order valence-electron chi connectivity index (χ0n) is 12.8. The van der Waals surface area contributed by atoms with Gasteiger partial charge < -0.3 is 5.32 Å². The molecule has 114 valence electrons. The number of carbonyl (C=O) groups excluding carboxylic acids is 1. The Labute approximate surface area is 140 Å². The second kappa shape index (κ2) is 5.39. The van der Waals surface area contributed by atoms with Gasteiger partial charge >= 0.3 is 0 Å². The molecule has 3 heteroatoms. The van der Waals surface area contributed by atoms with Crippen LogP contribution >= 0.6 is 11.6 Å². The second-order valence-corrected chi connectivity index (χ2v) is 6.39. The maximum Gasteiger partial charge on any atom is 0.256 e. The molecule has 0 saturated heterocycles. The van der Waals surface area contributed by atoms with Gasteiger partial charge in [-0.15, -0.1) is 0 Å². The Hall–Kier alpha value is -2.32. The van der Waals surface area contributed by atoms with Gasteiger partial charge in [-0.3, -0.25) is 4.79 Å². The molecular weight excluding hydrogens is 306 g/mol. The number of anilines is 1. The molecule has 4 rings (SSSR count). The number of amides is 1. The minimum Gasteiger partial charge on any atom is -0.322 e. The standard InChI is InChI=1S/C20H16ClNO/c1-12-17(21)6-3-7-18(12)22-20(23)16-11-10-14-9-8-13-4-2-5-15(16)19(13)14/h2-7,10-11H,8-9H2,1H3,(H,22,23). The minimum atomic E-state index is -0.0917. The van der Waals surface area contributed by atoms with Crippen molar-refractivity contribution in [2.75, 3.05) is 5.32 Å². The summed E-state index contributed by atoms with van der Waals surface area (Å²) in [7, 11) is 0. The Morgan fingerprint density at radius 3 is 2.57 bits per heavy atom. The van der Waals surface area contributed by atoms with Crippen molar-refractivity contribution in [3.8, 4) is 0 Å². The van der Waals surface area contributed by atoms with Gasteiger partial charge in [-0.2, -0.15) is 0 Å². The van der Waals surface area contributed by atoms with E-state index in [1.165, 1.54) is 16.5 Å². The molecule has 3 aromatic carbocycles. The van der Waals surface area contributed by atoms with Gasteiger partial charge in [0.2, 0.25) is 0 Å². The molecule has 1 aliphatic rings. The lowest BCUT2D eigenvalue weighted by molar-refractivity contribution is 0.102. The summed E-state index contributed by atoms with van der Waals surface area (Å²) in [5.74, 6) is -0.0917. The first-order valence-corrected chi connectivity index (χ1v) is 8.13. The molecule has 0 spiro atoms. The molecule has 0 heterocycles. The van der Waals surface area contributed by atoms with Crippen LogP contribution in [0.5, 0.6) is 0 Å². The predicted molar refractivity (Wildman–Crippen MR) is 95.5 cm³/mol. The fourth-order valence-corrected chi connectivity index (χ4v) is 3.55. The van der Waals surface area contributed by atoms with Crippen LogP contribution in [0.1, 0.15) is 27.0 Å². The highest BCUT2D eigenvalue weighted by atomic mass is 35.5. The van der Waals surface area contributed by atoms with Gasteiger partial charge in [0, 0.05) is 16.3 Å². The number of hydrogen-bond donors (Lipinski definition) is 1. The molecule has 0 saturated carbocycles. The monoisotopic (exact) mass is 321 g/mol. The van der Waals surface area contributed by atoms with Crippen LogP contribution in [0, 0.1) is 6.92 Å². The van der Waals surface area contributed by atoms with E-state index in [0.29, 0.717) is 10.6 Å². The zero-order valence-corrected chi connectivity index (χ0v) is 13.6. The topological polar surface area (TPSA) is 29.1 Å². The lowest BCUT2D eigenvalue weighted by Gasteiger charge is -2.12. The van der Waals surface area contributed by atoms with Gasteiger partial charge in [0.1, 0.15) is 0 Å². The van der Waals surface area contributed by atoms with Crippen LogP contribution < -0.4 is 5.32 Å². The van der Waals surface area contributed by atoms with Gasteiger partial charge in [-0.05, 0) is 65.4 Å². The van der Waals surface area contributed by atoms with E-state index in [1.54, 1.807) is 0 Å². The van der Waals surface area contributed by atoms with E-state index in [9.17, 15) is 4.79 Å². The van der Waals surface area contributed by atoms with E-state index < -0.39 is 0 Å². The first kappa shape index (κ1) is 14.3. The van der Waals surface area contributed by atoms with Crippen LogP contribution in [0.2, 0.25) is 5.02 Å². The fraction of sp³-hybridized carbons (Fsp3) is 0.150. The Balaban J connectivity index is 1.78. The average Bonchev–Trinajstić information content (AvgIpc) is 2.97. The van der Waals surface area contributed by atoms with Crippen LogP contribution in [0.4, 0.5) is 5.69 Å². The Bertz CT molecular complexity index is 936. The number of aryl methyl sites for hydroxylation is 2. The van der Waals surface area contributed by atoms with Crippen molar-refractivity contribution in [2.45, 2.75) is 19.8 Å². The molecule has 23 heavy (non-hydrogen) atoms. The quantitative estimate of drug-likeness (QED) is 0.694. The number of hydrogen-bond acceptors (Lipinski definition) is 1. The predicted octanol–water partition coefficient (Wildman–Crippen LogP) is 5.15. The maximum atomic E-state index is 12.8. The Kier molecular flexibility index (Phi) is 3.35. The minimum absolute atomic E-state index is 0.0917. The van der Waals surface area contributed by atoms with Crippen LogP contribution in [-0.2, 0) is 12.8 Å². The lowest BCUT2D eigenvalue weighted by atomic mass is 9.99. The summed E-state index contributed by atoms with van der Waals surface area (Å²) in [6, 6.07) is 15.8. The molecular formula is C20H16ClNO. The maximum absolute atomic E-state index is 12.8. The highest BCUT2D eigenvalue weighted by molar-refractivity contribution is 6.31. The van der Waals surface area contributed by atoms with E-state index in [2.05, 4.69) is 17.4 Å². The lowest BCUT2D eigenvalue weighted by Crippen LogP contribution is -2.13. The summed E-state index contributed by atoms with van der Waals surface area (Å²) < 4.78 is 0. The van der Waals surface area contributed by atoms with Crippen LogP contribution in [-0.4, -0.2) is 5.91 Å². The van der Waals surface area contributed by atoms with Crippen molar-refractivity contribution in [1.29, 1.82) is 0 Å². The van der Waals surface area contributed by atoms with Gasteiger partial charge in [0.15, 0.2) is 0 Å². The molecule has 0 unspecified atom stereocenters. The SMILES string of the molecule is Cc1c(Cl)cccc1NC(=O)c1ccc2c3c(cccc13)CC2. The van der Waals surface area contributed by atoms with E-state index >= 15 is 0 Å².